The van der Waals surface area contributed by atoms with Crippen molar-refractivity contribution < 1.29 is 14.4 Å². The van der Waals surface area contributed by atoms with Crippen LogP contribution < -0.4 is 5.32 Å². The molecule has 0 spiro atoms. The molecule has 0 saturated heterocycles. The SMILES string of the molecule is CC(=O)c1[nH]c2c(c1C)C(=O)NC(=O)C2. The van der Waals surface area contributed by atoms with E-state index < -0.39 is 5.91 Å². The van der Waals surface area contributed by atoms with E-state index in [2.05, 4.69) is 10.3 Å². The number of Topliss-reactive ketones (excluding diaryl/α,β-unsaturated/α-hetero) is 1. The summed E-state index contributed by atoms with van der Waals surface area (Å²) in [4.78, 5) is 36.6. The van der Waals surface area contributed by atoms with Gasteiger partial charge >= 0.3 is 0 Å². The van der Waals surface area contributed by atoms with E-state index in [-0.39, 0.29) is 18.1 Å². The van der Waals surface area contributed by atoms with Gasteiger partial charge in [-0.15, -0.1) is 0 Å². The van der Waals surface area contributed by atoms with E-state index in [1.165, 1.54) is 6.92 Å². The molecule has 5 heteroatoms. The molecule has 0 bridgehead atoms. The first-order valence-electron chi connectivity index (χ1n) is 4.57. The monoisotopic (exact) mass is 206 g/mol. The van der Waals surface area contributed by atoms with Gasteiger partial charge in [0.25, 0.3) is 5.91 Å². The first kappa shape index (κ1) is 9.64. The number of carbonyl (C=O) groups is 3. The van der Waals surface area contributed by atoms with Gasteiger partial charge < -0.3 is 4.98 Å². The van der Waals surface area contributed by atoms with Gasteiger partial charge in [-0.3, -0.25) is 19.7 Å². The molecule has 78 valence electrons. The van der Waals surface area contributed by atoms with E-state index in [9.17, 15) is 14.4 Å². The molecule has 1 aromatic heterocycles. The topological polar surface area (TPSA) is 79.0 Å². The van der Waals surface area contributed by atoms with E-state index in [1.54, 1.807) is 6.92 Å². The number of nitrogens with one attached hydrogen (secondary N) is 2. The number of fused-ring (bicyclic) bond motifs is 1. The Morgan fingerprint density at radius 2 is 2.00 bits per heavy atom. The number of ketones is 1. The van der Waals surface area contributed by atoms with Crippen molar-refractivity contribution in [2.75, 3.05) is 0 Å². The van der Waals surface area contributed by atoms with Crippen molar-refractivity contribution in [2.24, 2.45) is 0 Å². The van der Waals surface area contributed by atoms with Crippen LogP contribution >= 0.6 is 0 Å². The second-order valence-electron chi connectivity index (χ2n) is 3.59. The zero-order valence-electron chi connectivity index (χ0n) is 8.43. The van der Waals surface area contributed by atoms with Gasteiger partial charge in [0.1, 0.15) is 0 Å². The van der Waals surface area contributed by atoms with E-state index in [1.807, 2.05) is 0 Å². The van der Waals surface area contributed by atoms with Crippen LogP contribution in [0.25, 0.3) is 0 Å². The number of carbonyl (C=O) groups excluding carboxylic acids is 3. The van der Waals surface area contributed by atoms with Crippen LogP contribution in [0.15, 0.2) is 0 Å². The Balaban J connectivity index is 2.62. The molecule has 0 fully saturated rings. The fraction of sp³-hybridized carbons (Fsp3) is 0.300. The Hall–Kier alpha value is -1.91. The molecule has 2 rings (SSSR count). The third-order valence-electron chi connectivity index (χ3n) is 2.50. The van der Waals surface area contributed by atoms with Crippen molar-refractivity contribution in [3.05, 3.63) is 22.5 Å². The molecule has 2 N–H and O–H groups in total. The van der Waals surface area contributed by atoms with Gasteiger partial charge in [0.05, 0.1) is 17.7 Å². The lowest BCUT2D eigenvalue weighted by Gasteiger charge is -2.11. The van der Waals surface area contributed by atoms with Crippen LogP contribution in [0.1, 0.15) is 39.0 Å². The largest absolute Gasteiger partial charge is 0.355 e. The first-order chi connectivity index (χ1) is 7.00. The van der Waals surface area contributed by atoms with E-state index in [4.69, 9.17) is 0 Å². The van der Waals surface area contributed by atoms with Gasteiger partial charge in [-0.05, 0) is 12.5 Å². The molecule has 5 nitrogen and oxygen atoms in total. The highest BCUT2D eigenvalue weighted by Crippen LogP contribution is 2.21. The van der Waals surface area contributed by atoms with Crippen LogP contribution in [-0.4, -0.2) is 22.6 Å². The van der Waals surface area contributed by atoms with Gasteiger partial charge in [-0.25, -0.2) is 0 Å². The maximum Gasteiger partial charge on any atom is 0.259 e. The number of hydrogen-bond acceptors (Lipinski definition) is 3. The molecule has 0 atom stereocenters. The van der Waals surface area contributed by atoms with Gasteiger partial charge in [-0.1, -0.05) is 0 Å². The molecule has 1 aromatic rings. The normalized spacial score (nSPS) is 14.8. The summed E-state index contributed by atoms with van der Waals surface area (Å²) in [6.45, 7) is 3.12. The molecule has 0 radical (unpaired) electrons. The Bertz CT molecular complexity index is 485. The van der Waals surface area contributed by atoms with Crippen LogP contribution in [0.5, 0.6) is 0 Å². The lowest BCUT2D eigenvalue weighted by atomic mass is 10.0. The van der Waals surface area contributed by atoms with Crippen molar-refractivity contribution in [1.29, 1.82) is 0 Å². The number of rotatable bonds is 1. The minimum atomic E-state index is -0.428. The van der Waals surface area contributed by atoms with Crippen molar-refractivity contribution in [1.82, 2.24) is 10.3 Å². The summed E-state index contributed by atoms with van der Waals surface area (Å²) >= 11 is 0. The van der Waals surface area contributed by atoms with Gasteiger partial charge in [0.15, 0.2) is 5.78 Å². The highest BCUT2D eigenvalue weighted by atomic mass is 16.2. The van der Waals surface area contributed by atoms with E-state index in [0.717, 1.165) is 0 Å². The zero-order chi connectivity index (χ0) is 11.2. The summed E-state index contributed by atoms with van der Waals surface area (Å²) in [6, 6.07) is 0. The third-order valence-corrected chi connectivity index (χ3v) is 2.50. The quantitative estimate of drug-likeness (QED) is 0.513. The lowest BCUT2D eigenvalue weighted by Crippen LogP contribution is -2.37. The summed E-state index contributed by atoms with van der Waals surface area (Å²) in [5, 5.41) is 2.22. The number of aromatic amines is 1. The Morgan fingerprint density at radius 3 is 2.60 bits per heavy atom. The molecular formula is C10H10N2O3. The summed E-state index contributed by atoms with van der Waals surface area (Å²) in [5.74, 6) is -0.909. The van der Waals surface area contributed by atoms with Crippen molar-refractivity contribution in [3.8, 4) is 0 Å². The fourth-order valence-electron chi connectivity index (χ4n) is 1.84. The number of hydrogen-bond donors (Lipinski definition) is 2. The van der Waals surface area contributed by atoms with E-state index in [0.29, 0.717) is 22.5 Å². The first-order valence-corrected chi connectivity index (χ1v) is 4.57. The van der Waals surface area contributed by atoms with E-state index >= 15 is 0 Å². The maximum atomic E-state index is 11.5. The Labute approximate surface area is 85.9 Å². The van der Waals surface area contributed by atoms with Crippen molar-refractivity contribution in [3.63, 3.8) is 0 Å². The lowest BCUT2D eigenvalue weighted by molar-refractivity contribution is -0.119. The minimum Gasteiger partial charge on any atom is -0.355 e. The molecule has 0 unspecified atom stereocenters. The molecule has 0 saturated carbocycles. The second kappa shape index (κ2) is 3.05. The van der Waals surface area contributed by atoms with Crippen molar-refractivity contribution in [2.45, 2.75) is 20.3 Å². The highest BCUT2D eigenvalue weighted by Gasteiger charge is 2.28. The zero-order valence-corrected chi connectivity index (χ0v) is 8.43. The molecule has 15 heavy (non-hydrogen) atoms. The third kappa shape index (κ3) is 1.36. The number of H-pyrrole nitrogens is 1. The molecule has 0 aliphatic carbocycles. The number of aromatic nitrogens is 1. The molecule has 1 aliphatic heterocycles. The van der Waals surface area contributed by atoms with Crippen LogP contribution in [0.2, 0.25) is 0 Å². The Morgan fingerprint density at radius 1 is 1.33 bits per heavy atom. The average Bonchev–Trinajstić information content (AvgIpc) is 2.42. The molecular weight excluding hydrogens is 196 g/mol. The van der Waals surface area contributed by atoms with Crippen LogP contribution in [0.3, 0.4) is 0 Å². The predicted molar refractivity (Wildman–Crippen MR) is 51.7 cm³/mol. The molecule has 0 aromatic carbocycles. The Kier molecular flexibility index (Phi) is 1.96. The van der Waals surface area contributed by atoms with Gasteiger partial charge in [0.2, 0.25) is 5.91 Å². The van der Waals surface area contributed by atoms with Crippen LogP contribution in [-0.2, 0) is 11.2 Å². The standard InChI is InChI=1S/C10H10N2O3/c1-4-8-6(11-9(4)5(2)13)3-7(14)12-10(8)15/h11H,3H2,1-2H3,(H,12,14,15). The summed E-state index contributed by atoms with van der Waals surface area (Å²) in [7, 11) is 0. The number of imide groups is 1. The average molecular weight is 206 g/mol. The maximum absolute atomic E-state index is 11.5. The van der Waals surface area contributed by atoms with Gasteiger partial charge in [-0.2, -0.15) is 0 Å². The van der Waals surface area contributed by atoms with Gasteiger partial charge in [0, 0.05) is 12.6 Å². The predicted octanol–water partition coefficient (Wildman–Crippen LogP) is 0.338. The molecule has 2 heterocycles. The van der Waals surface area contributed by atoms with Crippen LogP contribution in [0, 0.1) is 6.92 Å². The summed E-state index contributed by atoms with van der Waals surface area (Å²) in [6.07, 6.45) is 0.120. The molecule has 1 aliphatic rings. The number of amides is 2. The van der Waals surface area contributed by atoms with Crippen molar-refractivity contribution >= 4 is 17.6 Å². The second-order valence-corrected chi connectivity index (χ2v) is 3.59. The summed E-state index contributed by atoms with van der Waals surface area (Å²) < 4.78 is 0. The highest BCUT2D eigenvalue weighted by molar-refractivity contribution is 6.12. The molecule has 2 amide bonds. The summed E-state index contributed by atoms with van der Waals surface area (Å²) in [5.41, 5.74) is 1.98. The fourth-order valence-corrected chi connectivity index (χ4v) is 1.84. The van der Waals surface area contributed by atoms with Crippen LogP contribution in [0.4, 0.5) is 0 Å². The minimum absolute atomic E-state index is 0.120. The smallest absolute Gasteiger partial charge is 0.259 e.